The molecule has 8 heteroatoms. The molecule has 0 spiro atoms. The standard InChI is InChI=1S/C15H11Cl3I2N2O/c16-15(17,18)14(21-12-7-2-1-6-11(12)20)22-13(23)9-4-3-5-10(19)8-9/h1-8,14,21H,(H,22,23)/t14-/m0/s1. The first-order chi connectivity index (χ1) is 10.8. The summed E-state index contributed by atoms with van der Waals surface area (Å²) in [7, 11) is 0. The van der Waals surface area contributed by atoms with Gasteiger partial charge in [-0.15, -0.1) is 0 Å². The van der Waals surface area contributed by atoms with Crippen molar-refractivity contribution in [2.75, 3.05) is 5.32 Å². The van der Waals surface area contributed by atoms with Crippen molar-refractivity contribution in [2.24, 2.45) is 0 Å². The van der Waals surface area contributed by atoms with Crippen molar-refractivity contribution in [3.63, 3.8) is 0 Å². The maximum Gasteiger partial charge on any atom is 0.253 e. The van der Waals surface area contributed by atoms with Gasteiger partial charge in [-0.2, -0.15) is 0 Å². The Hall–Kier alpha value is 0.0400. The normalized spacial score (nSPS) is 12.6. The topological polar surface area (TPSA) is 41.1 Å². The fraction of sp³-hybridized carbons (Fsp3) is 0.133. The quantitative estimate of drug-likeness (QED) is 0.281. The summed E-state index contributed by atoms with van der Waals surface area (Å²) in [4.78, 5) is 12.4. The minimum absolute atomic E-state index is 0.321. The second-order valence-corrected chi connectivity index (χ2v) is 9.36. The zero-order valence-electron chi connectivity index (χ0n) is 11.5. The molecule has 0 saturated carbocycles. The molecule has 0 aliphatic carbocycles. The number of carbonyl (C=O) groups excluding carboxylic acids is 1. The maximum atomic E-state index is 12.4. The van der Waals surface area contributed by atoms with Crippen molar-refractivity contribution in [3.05, 3.63) is 61.2 Å². The van der Waals surface area contributed by atoms with Crippen LogP contribution in [0.1, 0.15) is 10.4 Å². The number of amides is 1. The van der Waals surface area contributed by atoms with Crippen LogP contribution in [0.2, 0.25) is 0 Å². The number of benzene rings is 2. The third-order valence-electron chi connectivity index (χ3n) is 2.86. The fourth-order valence-electron chi connectivity index (χ4n) is 1.78. The third kappa shape index (κ3) is 5.81. The lowest BCUT2D eigenvalue weighted by Gasteiger charge is -2.28. The van der Waals surface area contributed by atoms with Crippen LogP contribution in [0, 0.1) is 7.14 Å². The highest BCUT2D eigenvalue weighted by molar-refractivity contribution is 14.1. The van der Waals surface area contributed by atoms with Gasteiger partial charge in [-0.25, -0.2) is 0 Å². The Morgan fingerprint density at radius 2 is 1.74 bits per heavy atom. The van der Waals surface area contributed by atoms with Gasteiger partial charge in [0.05, 0.1) is 0 Å². The first kappa shape index (κ1) is 19.4. The van der Waals surface area contributed by atoms with Gasteiger partial charge in [0.25, 0.3) is 5.91 Å². The van der Waals surface area contributed by atoms with E-state index >= 15 is 0 Å². The van der Waals surface area contributed by atoms with Crippen molar-refractivity contribution in [1.29, 1.82) is 0 Å². The molecular weight excluding hydrogens is 584 g/mol. The molecule has 0 aliphatic heterocycles. The first-order valence-corrected chi connectivity index (χ1v) is 9.71. The lowest BCUT2D eigenvalue weighted by atomic mass is 10.2. The van der Waals surface area contributed by atoms with Crippen LogP contribution in [0.4, 0.5) is 5.69 Å². The van der Waals surface area contributed by atoms with Crippen LogP contribution < -0.4 is 10.6 Å². The molecule has 23 heavy (non-hydrogen) atoms. The molecule has 2 rings (SSSR count). The van der Waals surface area contributed by atoms with E-state index in [9.17, 15) is 4.79 Å². The zero-order chi connectivity index (χ0) is 17.0. The average Bonchev–Trinajstić information content (AvgIpc) is 2.47. The fourth-order valence-corrected chi connectivity index (χ4v) is 3.19. The predicted octanol–water partition coefficient (Wildman–Crippen LogP) is 5.43. The van der Waals surface area contributed by atoms with Crippen LogP contribution in [-0.2, 0) is 0 Å². The number of alkyl halides is 3. The van der Waals surface area contributed by atoms with Crippen LogP contribution in [0.25, 0.3) is 0 Å². The Labute approximate surface area is 176 Å². The smallest absolute Gasteiger partial charge is 0.253 e. The second-order valence-electron chi connectivity index (χ2n) is 4.58. The Morgan fingerprint density at radius 3 is 2.35 bits per heavy atom. The van der Waals surface area contributed by atoms with E-state index in [1.807, 2.05) is 30.3 Å². The minimum Gasteiger partial charge on any atom is -0.361 e. The molecule has 2 aromatic carbocycles. The van der Waals surface area contributed by atoms with Crippen LogP contribution in [-0.4, -0.2) is 15.9 Å². The number of anilines is 1. The van der Waals surface area contributed by atoms with Gasteiger partial charge in [0, 0.05) is 18.4 Å². The van der Waals surface area contributed by atoms with Crippen LogP contribution in [0.5, 0.6) is 0 Å². The van der Waals surface area contributed by atoms with Crippen molar-refractivity contribution in [1.82, 2.24) is 5.32 Å². The molecule has 2 aromatic rings. The number of para-hydroxylation sites is 1. The molecule has 0 aromatic heterocycles. The van der Waals surface area contributed by atoms with Gasteiger partial charge in [-0.05, 0) is 75.5 Å². The highest BCUT2D eigenvalue weighted by atomic mass is 127. The SMILES string of the molecule is O=C(N[C@H](Nc1ccccc1I)C(Cl)(Cl)Cl)c1cccc(I)c1. The van der Waals surface area contributed by atoms with Crippen LogP contribution in [0.15, 0.2) is 48.5 Å². The van der Waals surface area contributed by atoms with E-state index in [1.165, 1.54) is 0 Å². The molecule has 0 aliphatic rings. The molecule has 1 amide bonds. The van der Waals surface area contributed by atoms with E-state index in [4.69, 9.17) is 34.8 Å². The van der Waals surface area contributed by atoms with Gasteiger partial charge in [-0.3, -0.25) is 4.79 Å². The summed E-state index contributed by atoms with van der Waals surface area (Å²) in [5.41, 5.74) is 1.27. The Balaban J connectivity index is 2.20. The maximum absolute atomic E-state index is 12.4. The first-order valence-electron chi connectivity index (χ1n) is 6.41. The molecule has 0 radical (unpaired) electrons. The summed E-state index contributed by atoms with van der Waals surface area (Å²) >= 11 is 22.3. The largest absolute Gasteiger partial charge is 0.361 e. The monoisotopic (exact) mass is 594 g/mol. The average molecular weight is 595 g/mol. The van der Waals surface area contributed by atoms with E-state index in [0.717, 1.165) is 12.8 Å². The van der Waals surface area contributed by atoms with Crippen molar-refractivity contribution >= 4 is 91.6 Å². The molecule has 3 nitrogen and oxygen atoms in total. The summed E-state index contributed by atoms with van der Waals surface area (Å²) < 4.78 is 0.190. The van der Waals surface area contributed by atoms with Gasteiger partial charge in [0.15, 0.2) is 0 Å². The lowest BCUT2D eigenvalue weighted by molar-refractivity contribution is 0.0942. The highest BCUT2D eigenvalue weighted by Crippen LogP contribution is 2.32. The van der Waals surface area contributed by atoms with E-state index in [2.05, 4.69) is 55.8 Å². The number of rotatable bonds is 4. The zero-order valence-corrected chi connectivity index (χ0v) is 18.1. The number of hydrogen-bond acceptors (Lipinski definition) is 2. The molecule has 0 unspecified atom stereocenters. The summed E-state index contributed by atoms with van der Waals surface area (Å²) in [6, 6.07) is 14.7. The van der Waals surface area contributed by atoms with E-state index in [-0.39, 0.29) is 5.91 Å². The third-order valence-corrected chi connectivity index (χ3v) is 5.13. The van der Waals surface area contributed by atoms with Gasteiger partial charge >= 0.3 is 0 Å². The minimum atomic E-state index is -1.71. The molecular formula is C15H11Cl3I2N2O. The second kappa shape index (κ2) is 8.42. The Bertz CT molecular complexity index is 707. The summed E-state index contributed by atoms with van der Waals surface area (Å²) in [5.74, 6) is -0.321. The number of hydrogen-bond donors (Lipinski definition) is 2. The summed E-state index contributed by atoms with van der Waals surface area (Å²) in [5, 5.41) is 5.79. The van der Waals surface area contributed by atoms with Gasteiger partial charge < -0.3 is 10.6 Å². The summed E-state index contributed by atoms with van der Waals surface area (Å²) in [6.07, 6.45) is -0.881. The molecule has 0 bridgehead atoms. The number of nitrogens with one attached hydrogen (secondary N) is 2. The van der Waals surface area contributed by atoms with Crippen molar-refractivity contribution in [3.8, 4) is 0 Å². The van der Waals surface area contributed by atoms with E-state index in [0.29, 0.717) is 5.56 Å². The van der Waals surface area contributed by atoms with Crippen molar-refractivity contribution in [2.45, 2.75) is 9.96 Å². The molecule has 0 fully saturated rings. The van der Waals surface area contributed by atoms with Crippen LogP contribution >= 0.6 is 80.0 Å². The Kier molecular flexibility index (Phi) is 7.09. The summed E-state index contributed by atoms with van der Waals surface area (Å²) in [6.45, 7) is 0. The highest BCUT2D eigenvalue weighted by Gasteiger charge is 2.34. The molecule has 2 N–H and O–H groups in total. The van der Waals surface area contributed by atoms with E-state index in [1.54, 1.807) is 18.2 Å². The molecule has 0 saturated heterocycles. The predicted molar refractivity (Wildman–Crippen MR) is 113 cm³/mol. The molecule has 1 atom stereocenters. The van der Waals surface area contributed by atoms with Crippen molar-refractivity contribution < 1.29 is 4.79 Å². The lowest BCUT2D eigenvalue weighted by Crippen LogP contribution is -2.49. The van der Waals surface area contributed by atoms with Crippen LogP contribution in [0.3, 0.4) is 0 Å². The number of carbonyl (C=O) groups is 1. The Morgan fingerprint density at radius 1 is 1.04 bits per heavy atom. The van der Waals surface area contributed by atoms with E-state index < -0.39 is 9.96 Å². The molecule has 122 valence electrons. The van der Waals surface area contributed by atoms with Gasteiger partial charge in [0.1, 0.15) is 6.17 Å². The van der Waals surface area contributed by atoms with Gasteiger partial charge in [-0.1, -0.05) is 53.0 Å². The molecule has 0 heterocycles. The van der Waals surface area contributed by atoms with Gasteiger partial charge in [0.2, 0.25) is 3.79 Å². The number of halogens is 5.